The minimum atomic E-state index is -0.348. The van der Waals surface area contributed by atoms with Gasteiger partial charge in [0.25, 0.3) is 0 Å². The average molecular weight is 193 g/mol. The molecule has 2 heteroatoms. The van der Waals surface area contributed by atoms with Gasteiger partial charge in [-0.15, -0.1) is 0 Å². The van der Waals surface area contributed by atoms with Crippen LogP contribution in [0.2, 0.25) is 0 Å². The first-order chi connectivity index (χ1) is 6.63. The van der Waals surface area contributed by atoms with Crippen molar-refractivity contribution in [1.82, 2.24) is 0 Å². The Balaban J connectivity index is 0.000000791. The summed E-state index contributed by atoms with van der Waals surface area (Å²) in [6.07, 6.45) is 0. The number of rotatable bonds is 2. The molecular formula is C12H19NO. The van der Waals surface area contributed by atoms with Crippen LogP contribution in [0.5, 0.6) is 0 Å². The molecular weight excluding hydrogens is 174 g/mol. The highest BCUT2D eigenvalue weighted by Gasteiger charge is 2.08. The number of carbonyl (C=O) groups is 1. The molecule has 0 aliphatic rings. The Labute approximate surface area is 86.1 Å². The van der Waals surface area contributed by atoms with E-state index in [9.17, 15) is 4.79 Å². The van der Waals surface area contributed by atoms with Gasteiger partial charge in [0.1, 0.15) is 0 Å². The van der Waals surface area contributed by atoms with E-state index in [1.54, 1.807) is 6.07 Å². The van der Waals surface area contributed by atoms with Crippen LogP contribution < -0.4 is 5.73 Å². The van der Waals surface area contributed by atoms with Crippen molar-refractivity contribution in [3.05, 3.63) is 35.4 Å². The molecule has 2 nitrogen and oxygen atoms in total. The number of hydrogen-bond acceptors (Lipinski definition) is 1. The molecule has 1 amide bonds. The van der Waals surface area contributed by atoms with Crippen molar-refractivity contribution in [2.24, 2.45) is 5.73 Å². The molecule has 0 aromatic heterocycles. The SMILES string of the molecule is CC.CC(C)c1ccccc1C(N)=O. The summed E-state index contributed by atoms with van der Waals surface area (Å²) in [6, 6.07) is 7.44. The number of nitrogens with two attached hydrogens (primary N) is 1. The molecule has 0 atom stereocenters. The number of hydrogen-bond donors (Lipinski definition) is 1. The lowest BCUT2D eigenvalue weighted by Crippen LogP contribution is -2.14. The van der Waals surface area contributed by atoms with Crippen molar-refractivity contribution in [3.63, 3.8) is 0 Å². The third-order valence-electron chi connectivity index (χ3n) is 1.85. The van der Waals surface area contributed by atoms with Gasteiger partial charge >= 0.3 is 0 Å². The van der Waals surface area contributed by atoms with Gasteiger partial charge in [-0.2, -0.15) is 0 Å². The first-order valence-corrected chi connectivity index (χ1v) is 5.01. The maximum Gasteiger partial charge on any atom is 0.248 e. The first-order valence-electron chi connectivity index (χ1n) is 5.01. The molecule has 0 bridgehead atoms. The Morgan fingerprint density at radius 2 is 1.71 bits per heavy atom. The Kier molecular flexibility index (Phi) is 5.61. The Bertz CT molecular complexity index is 292. The number of amides is 1. The molecule has 0 radical (unpaired) electrons. The van der Waals surface area contributed by atoms with E-state index in [1.165, 1.54) is 0 Å². The minimum absolute atomic E-state index is 0.341. The van der Waals surface area contributed by atoms with Crippen LogP contribution in [-0.2, 0) is 0 Å². The topological polar surface area (TPSA) is 43.1 Å². The predicted octanol–water partition coefficient (Wildman–Crippen LogP) is 2.94. The lowest BCUT2D eigenvalue weighted by atomic mass is 9.97. The Morgan fingerprint density at radius 3 is 2.07 bits per heavy atom. The summed E-state index contributed by atoms with van der Waals surface area (Å²) in [5.74, 6) is -0.00648. The molecule has 2 N–H and O–H groups in total. The van der Waals surface area contributed by atoms with Crippen LogP contribution in [0.3, 0.4) is 0 Å². The third-order valence-corrected chi connectivity index (χ3v) is 1.85. The van der Waals surface area contributed by atoms with E-state index in [4.69, 9.17) is 5.73 Å². The lowest BCUT2D eigenvalue weighted by molar-refractivity contribution is 0.0999. The molecule has 14 heavy (non-hydrogen) atoms. The quantitative estimate of drug-likeness (QED) is 0.771. The normalized spacial score (nSPS) is 9.21. The van der Waals surface area contributed by atoms with Gasteiger partial charge in [-0.25, -0.2) is 0 Å². The van der Waals surface area contributed by atoms with Gasteiger partial charge in [0.15, 0.2) is 0 Å². The summed E-state index contributed by atoms with van der Waals surface area (Å²) in [7, 11) is 0. The van der Waals surface area contributed by atoms with E-state index in [0.717, 1.165) is 5.56 Å². The summed E-state index contributed by atoms with van der Waals surface area (Å²) in [5.41, 5.74) is 6.86. The molecule has 1 aromatic rings. The maximum atomic E-state index is 10.9. The summed E-state index contributed by atoms with van der Waals surface area (Å²) in [4.78, 5) is 10.9. The first kappa shape index (κ1) is 12.7. The molecule has 0 saturated carbocycles. The Morgan fingerprint density at radius 1 is 1.21 bits per heavy atom. The molecule has 78 valence electrons. The fraction of sp³-hybridized carbons (Fsp3) is 0.417. The van der Waals surface area contributed by atoms with E-state index in [-0.39, 0.29) is 5.91 Å². The fourth-order valence-corrected chi connectivity index (χ4v) is 1.22. The van der Waals surface area contributed by atoms with Crippen molar-refractivity contribution in [2.75, 3.05) is 0 Å². The molecule has 0 fully saturated rings. The van der Waals surface area contributed by atoms with Crippen LogP contribution in [0.25, 0.3) is 0 Å². The van der Waals surface area contributed by atoms with Gasteiger partial charge in [-0.3, -0.25) is 4.79 Å². The highest BCUT2D eigenvalue weighted by molar-refractivity contribution is 5.94. The zero-order valence-corrected chi connectivity index (χ0v) is 9.37. The van der Waals surface area contributed by atoms with E-state index in [2.05, 4.69) is 0 Å². The van der Waals surface area contributed by atoms with Crippen molar-refractivity contribution in [2.45, 2.75) is 33.6 Å². The fourth-order valence-electron chi connectivity index (χ4n) is 1.22. The average Bonchev–Trinajstić information content (AvgIpc) is 2.20. The zero-order valence-electron chi connectivity index (χ0n) is 9.37. The van der Waals surface area contributed by atoms with Gasteiger partial charge in [-0.1, -0.05) is 45.9 Å². The molecule has 0 aliphatic heterocycles. The van der Waals surface area contributed by atoms with Crippen LogP contribution in [-0.4, -0.2) is 5.91 Å². The summed E-state index contributed by atoms with van der Waals surface area (Å²) < 4.78 is 0. The van der Waals surface area contributed by atoms with Crippen molar-refractivity contribution >= 4 is 5.91 Å². The predicted molar refractivity (Wildman–Crippen MR) is 60.4 cm³/mol. The van der Waals surface area contributed by atoms with Gasteiger partial charge in [-0.05, 0) is 17.5 Å². The van der Waals surface area contributed by atoms with E-state index < -0.39 is 0 Å². The highest BCUT2D eigenvalue weighted by Crippen LogP contribution is 2.18. The van der Waals surface area contributed by atoms with Crippen molar-refractivity contribution in [3.8, 4) is 0 Å². The second-order valence-corrected chi connectivity index (χ2v) is 3.11. The van der Waals surface area contributed by atoms with Crippen LogP contribution in [0, 0.1) is 0 Å². The van der Waals surface area contributed by atoms with Crippen molar-refractivity contribution in [1.29, 1.82) is 0 Å². The van der Waals surface area contributed by atoms with Crippen LogP contribution >= 0.6 is 0 Å². The molecule has 0 saturated heterocycles. The van der Waals surface area contributed by atoms with E-state index in [0.29, 0.717) is 11.5 Å². The molecule has 0 unspecified atom stereocenters. The molecule has 1 rings (SSSR count). The largest absolute Gasteiger partial charge is 0.366 e. The minimum Gasteiger partial charge on any atom is -0.366 e. The number of carbonyl (C=O) groups excluding carboxylic acids is 1. The summed E-state index contributed by atoms with van der Waals surface area (Å²) in [5, 5.41) is 0. The van der Waals surface area contributed by atoms with Gasteiger partial charge in [0, 0.05) is 5.56 Å². The number of primary amides is 1. The molecule has 0 spiro atoms. The second-order valence-electron chi connectivity index (χ2n) is 3.11. The van der Waals surface area contributed by atoms with E-state index >= 15 is 0 Å². The van der Waals surface area contributed by atoms with Crippen LogP contribution in [0.4, 0.5) is 0 Å². The van der Waals surface area contributed by atoms with E-state index in [1.807, 2.05) is 45.9 Å². The highest BCUT2D eigenvalue weighted by atomic mass is 16.1. The molecule has 0 heterocycles. The van der Waals surface area contributed by atoms with Gasteiger partial charge < -0.3 is 5.73 Å². The van der Waals surface area contributed by atoms with Gasteiger partial charge in [0.2, 0.25) is 5.91 Å². The van der Waals surface area contributed by atoms with Gasteiger partial charge in [0.05, 0.1) is 0 Å². The second kappa shape index (κ2) is 6.19. The smallest absolute Gasteiger partial charge is 0.248 e. The van der Waals surface area contributed by atoms with Crippen LogP contribution in [0.1, 0.15) is 49.5 Å². The number of benzene rings is 1. The maximum absolute atomic E-state index is 10.9. The lowest BCUT2D eigenvalue weighted by Gasteiger charge is -2.08. The molecule has 1 aromatic carbocycles. The third kappa shape index (κ3) is 3.21. The summed E-state index contributed by atoms with van der Waals surface area (Å²) in [6.45, 7) is 8.09. The zero-order chi connectivity index (χ0) is 11.1. The summed E-state index contributed by atoms with van der Waals surface area (Å²) >= 11 is 0. The standard InChI is InChI=1S/C10H13NO.C2H6/c1-7(2)8-5-3-4-6-9(8)10(11)12;1-2/h3-7H,1-2H3,(H2,11,12);1-2H3. The Hall–Kier alpha value is -1.31. The van der Waals surface area contributed by atoms with Crippen molar-refractivity contribution < 1.29 is 4.79 Å². The molecule has 0 aliphatic carbocycles. The monoisotopic (exact) mass is 193 g/mol. The van der Waals surface area contributed by atoms with Crippen LogP contribution in [0.15, 0.2) is 24.3 Å².